The van der Waals surface area contributed by atoms with E-state index in [4.69, 9.17) is 5.73 Å². The van der Waals surface area contributed by atoms with Crippen molar-refractivity contribution in [3.63, 3.8) is 0 Å². The molecule has 0 saturated carbocycles. The van der Waals surface area contributed by atoms with Crippen LogP contribution >= 0.6 is 23.7 Å². The third kappa shape index (κ3) is 3.05. The van der Waals surface area contributed by atoms with E-state index in [9.17, 15) is 4.79 Å². The molecule has 2 rings (SSSR count). The molecule has 1 atom stereocenters. The Morgan fingerprint density at radius 1 is 1.61 bits per heavy atom. The Balaban J connectivity index is 0.00000162. The van der Waals surface area contributed by atoms with Crippen LogP contribution in [0.3, 0.4) is 0 Å². The number of nitrogens with two attached hydrogens (primary N) is 1. The SMILES string of the molecule is CCCC(C)(N)C(=O)N1CCc2sccc2C1.Cl. The quantitative estimate of drug-likeness (QED) is 0.929. The molecule has 1 amide bonds. The zero-order chi connectivity index (χ0) is 12.5. The molecule has 18 heavy (non-hydrogen) atoms. The van der Waals surface area contributed by atoms with Gasteiger partial charge in [0.25, 0.3) is 0 Å². The van der Waals surface area contributed by atoms with Gasteiger partial charge in [0.15, 0.2) is 0 Å². The molecule has 0 fully saturated rings. The molecular weight excluding hydrogens is 268 g/mol. The second-order valence-electron chi connectivity index (χ2n) is 5.01. The van der Waals surface area contributed by atoms with Crippen molar-refractivity contribution < 1.29 is 4.79 Å². The minimum atomic E-state index is -0.706. The van der Waals surface area contributed by atoms with Gasteiger partial charge < -0.3 is 10.6 Å². The van der Waals surface area contributed by atoms with Crippen LogP contribution in [0.5, 0.6) is 0 Å². The summed E-state index contributed by atoms with van der Waals surface area (Å²) in [5.41, 5.74) is 6.70. The molecule has 1 aromatic rings. The Morgan fingerprint density at radius 2 is 2.33 bits per heavy atom. The molecule has 0 aromatic carbocycles. The molecule has 0 saturated heterocycles. The lowest BCUT2D eigenvalue weighted by atomic mass is 9.94. The minimum Gasteiger partial charge on any atom is -0.336 e. The number of rotatable bonds is 3. The number of amides is 1. The van der Waals surface area contributed by atoms with E-state index in [1.54, 1.807) is 11.3 Å². The average molecular weight is 289 g/mol. The summed E-state index contributed by atoms with van der Waals surface area (Å²) in [6, 6.07) is 2.12. The third-order valence-electron chi connectivity index (χ3n) is 3.35. The molecule has 2 heterocycles. The van der Waals surface area contributed by atoms with Crippen LogP contribution in [-0.2, 0) is 17.8 Å². The fourth-order valence-corrected chi connectivity index (χ4v) is 3.30. The summed E-state index contributed by atoms with van der Waals surface area (Å²) in [5.74, 6) is 0.0937. The first-order chi connectivity index (χ1) is 8.04. The Labute approximate surface area is 119 Å². The second-order valence-corrected chi connectivity index (χ2v) is 6.01. The zero-order valence-corrected chi connectivity index (χ0v) is 12.6. The van der Waals surface area contributed by atoms with Crippen molar-refractivity contribution in [2.24, 2.45) is 5.73 Å². The molecule has 102 valence electrons. The fraction of sp³-hybridized carbons (Fsp3) is 0.615. The van der Waals surface area contributed by atoms with Crippen LogP contribution in [0.2, 0.25) is 0 Å². The van der Waals surface area contributed by atoms with Crippen LogP contribution < -0.4 is 5.73 Å². The second kappa shape index (κ2) is 6.04. The van der Waals surface area contributed by atoms with Crippen molar-refractivity contribution in [3.8, 4) is 0 Å². The van der Waals surface area contributed by atoms with Gasteiger partial charge >= 0.3 is 0 Å². The van der Waals surface area contributed by atoms with E-state index in [2.05, 4.69) is 18.4 Å². The third-order valence-corrected chi connectivity index (χ3v) is 4.38. The molecular formula is C13H21ClN2OS. The van der Waals surface area contributed by atoms with Crippen LogP contribution in [0.1, 0.15) is 37.1 Å². The van der Waals surface area contributed by atoms with Gasteiger partial charge in [0, 0.05) is 18.0 Å². The lowest BCUT2D eigenvalue weighted by Crippen LogP contribution is -2.54. The number of carbonyl (C=O) groups is 1. The van der Waals surface area contributed by atoms with Gasteiger partial charge in [0.2, 0.25) is 5.91 Å². The normalized spacial score (nSPS) is 17.6. The van der Waals surface area contributed by atoms with E-state index in [1.165, 1.54) is 10.4 Å². The van der Waals surface area contributed by atoms with Crippen molar-refractivity contribution in [1.82, 2.24) is 4.90 Å². The monoisotopic (exact) mass is 288 g/mol. The Hall–Kier alpha value is -0.580. The number of thiophene rings is 1. The van der Waals surface area contributed by atoms with Crippen LogP contribution in [-0.4, -0.2) is 22.9 Å². The smallest absolute Gasteiger partial charge is 0.242 e. The summed E-state index contributed by atoms with van der Waals surface area (Å²) in [4.78, 5) is 15.7. The molecule has 0 aliphatic carbocycles. The van der Waals surface area contributed by atoms with Gasteiger partial charge in [-0.25, -0.2) is 0 Å². The molecule has 1 unspecified atom stereocenters. The highest BCUT2D eigenvalue weighted by molar-refractivity contribution is 7.10. The molecule has 2 N–H and O–H groups in total. The van der Waals surface area contributed by atoms with E-state index in [1.807, 2.05) is 11.8 Å². The van der Waals surface area contributed by atoms with Gasteiger partial charge in [-0.1, -0.05) is 13.3 Å². The molecule has 5 heteroatoms. The van der Waals surface area contributed by atoms with Crippen molar-refractivity contribution in [1.29, 1.82) is 0 Å². The highest BCUT2D eigenvalue weighted by Gasteiger charge is 2.33. The topological polar surface area (TPSA) is 46.3 Å². The predicted molar refractivity (Wildman–Crippen MR) is 78.2 cm³/mol. The number of carbonyl (C=O) groups excluding carboxylic acids is 1. The zero-order valence-electron chi connectivity index (χ0n) is 10.9. The van der Waals surface area contributed by atoms with Crippen LogP contribution in [0.15, 0.2) is 11.4 Å². The number of hydrogen-bond acceptors (Lipinski definition) is 3. The number of halogens is 1. The summed E-state index contributed by atoms with van der Waals surface area (Å²) >= 11 is 1.79. The first-order valence-electron chi connectivity index (χ1n) is 6.18. The first-order valence-corrected chi connectivity index (χ1v) is 7.06. The van der Waals surface area contributed by atoms with Gasteiger partial charge in [-0.2, -0.15) is 0 Å². The van der Waals surface area contributed by atoms with E-state index in [0.717, 1.165) is 32.4 Å². The number of fused-ring (bicyclic) bond motifs is 1. The Kier molecular flexibility index (Phi) is 5.20. The lowest BCUT2D eigenvalue weighted by Gasteiger charge is -2.34. The molecule has 0 spiro atoms. The van der Waals surface area contributed by atoms with Crippen LogP contribution in [0, 0.1) is 0 Å². The van der Waals surface area contributed by atoms with E-state index in [-0.39, 0.29) is 18.3 Å². The largest absolute Gasteiger partial charge is 0.336 e. The highest BCUT2D eigenvalue weighted by atomic mass is 35.5. The van der Waals surface area contributed by atoms with Crippen molar-refractivity contribution in [3.05, 3.63) is 21.9 Å². The molecule has 3 nitrogen and oxygen atoms in total. The maximum atomic E-state index is 12.3. The average Bonchev–Trinajstić information content (AvgIpc) is 2.74. The van der Waals surface area contributed by atoms with Gasteiger partial charge in [-0.15, -0.1) is 23.7 Å². The highest BCUT2D eigenvalue weighted by Crippen LogP contribution is 2.25. The Morgan fingerprint density at radius 3 is 3.00 bits per heavy atom. The van der Waals surface area contributed by atoms with Crippen molar-refractivity contribution in [2.45, 2.75) is 45.2 Å². The van der Waals surface area contributed by atoms with Crippen molar-refractivity contribution >= 4 is 29.7 Å². The van der Waals surface area contributed by atoms with Gasteiger partial charge in [-0.05, 0) is 36.8 Å². The summed E-state index contributed by atoms with van der Waals surface area (Å²) < 4.78 is 0. The minimum absolute atomic E-state index is 0. The van der Waals surface area contributed by atoms with Gasteiger partial charge in [-0.3, -0.25) is 4.79 Å². The first kappa shape index (κ1) is 15.5. The van der Waals surface area contributed by atoms with Gasteiger partial charge in [0.05, 0.1) is 5.54 Å². The lowest BCUT2D eigenvalue weighted by molar-refractivity contribution is -0.137. The van der Waals surface area contributed by atoms with Crippen molar-refractivity contribution in [2.75, 3.05) is 6.54 Å². The Bertz CT molecular complexity index is 417. The van der Waals surface area contributed by atoms with Crippen LogP contribution in [0.4, 0.5) is 0 Å². The molecule has 1 aromatic heterocycles. The summed E-state index contributed by atoms with van der Waals surface area (Å²) in [5, 5.41) is 2.10. The maximum absolute atomic E-state index is 12.3. The fourth-order valence-electron chi connectivity index (χ4n) is 2.41. The summed E-state index contributed by atoms with van der Waals surface area (Å²) in [7, 11) is 0. The molecule has 1 aliphatic heterocycles. The van der Waals surface area contributed by atoms with E-state index in [0.29, 0.717) is 0 Å². The standard InChI is InChI=1S/C13H20N2OS.ClH/c1-3-6-13(2,14)12(16)15-7-4-11-10(9-15)5-8-17-11;/h5,8H,3-4,6-7,9,14H2,1-2H3;1H. The molecule has 0 radical (unpaired) electrons. The van der Waals surface area contributed by atoms with E-state index < -0.39 is 5.54 Å². The maximum Gasteiger partial charge on any atom is 0.242 e. The molecule has 1 aliphatic rings. The number of nitrogens with zero attached hydrogens (tertiary/aromatic N) is 1. The van der Waals surface area contributed by atoms with E-state index >= 15 is 0 Å². The number of hydrogen-bond donors (Lipinski definition) is 1. The predicted octanol–water partition coefficient (Wildman–Crippen LogP) is 2.57. The van der Waals surface area contributed by atoms with Crippen LogP contribution in [0.25, 0.3) is 0 Å². The van der Waals surface area contributed by atoms with Gasteiger partial charge in [0.1, 0.15) is 0 Å². The summed E-state index contributed by atoms with van der Waals surface area (Å²) in [6.07, 6.45) is 2.66. The summed E-state index contributed by atoms with van der Waals surface area (Å²) in [6.45, 7) is 5.45. The molecule has 0 bridgehead atoms.